The van der Waals surface area contributed by atoms with Crippen molar-refractivity contribution < 1.29 is 19.4 Å². The van der Waals surface area contributed by atoms with E-state index >= 15 is 0 Å². The largest absolute Gasteiger partial charge is 0.393 e. The Morgan fingerprint density at radius 3 is 1.92 bits per heavy atom. The van der Waals surface area contributed by atoms with Gasteiger partial charge < -0.3 is 20.5 Å². The van der Waals surface area contributed by atoms with Gasteiger partial charge in [-0.1, -0.05) is 0 Å². The van der Waals surface area contributed by atoms with Gasteiger partial charge in [-0.15, -0.1) is 0 Å². The van der Waals surface area contributed by atoms with Crippen LogP contribution in [0.3, 0.4) is 0 Å². The van der Waals surface area contributed by atoms with E-state index in [-0.39, 0.29) is 35.9 Å². The van der Waals surface area contributed by atoms with Gasteiger partial charge in [0.2, 0.25) is 11.8 Å². The van der Waals surface area contributed by atoms with E-state index in [1.807, 2.05) is 24.3 Å². The zero-order valence-corrected chi connectivity index (χ0v) is 14.8. The van der Waals surface area contributed by atoms with Crippen molar-refractivity contribution in [1.82, 2.24) is 0 Å². The van der Waals surface area contributed by atoms with Crippen LogP contribution < -0.4 is 10.6 Å². The summed E-state index contributed by atoms with van der Waals surface area (Å²) in [6, 6.07) is 7.26. The molecule has 0 aromatic heterocycles. The molecule has 2 aliphatic carbocycles. The number of epoxide rings is 1. The molecule has 2 amide bonds. The summed E-state index contributed by atoms with van der Waals surface area (Å²) in [7, 11) is 0. The minimum Gasteiger partial charge on any atom is -0.393 e. The molecule has 6 heteroatoms. The van der Waals surface area contributed by atoms with Crippen LogP contribution in [0.5, 0.6) is 0 Å². The first-order valence-corrected chi connectivity index (χ1v) is 9.64. The first-order chi connectivity index (χ1) is 12.6. The number of amides is 2. The SMILES string of the molecule is O=C(Nc1ccc(NC(=O)C2CCC3OC3C2)cc1)C1CCC(O)CC1. The van der Waals surface area contributed by atoms with Crippen molar-refractivity contribution in [2.24, 2.45) is 11.8 Å². The second-order valence-electron chi connectivity index (χ2n) is 7.78. The molecule has 1 aromatic carbocycles. The van der Waals surface area contributed by atoms with Gasteiger partial charge in [-0.25, -0.2) is 0 Å². The van der Waals surface area contributed by atoms with Crippen molar-refractivity contribution in [2.75, 3.05) is 10.6 Å². The number of hydrogen-bond acceptors (Lipinski definition) is 4. The van der Waals surface area contributed by atoms with Crippen molar-refractivity contribution in [3.05, 3.63) is 24.3 Å². The fourth-order valence-electron chi connectivity index (χ4n) is 4.11. The maximum atomic E-state index is 12.4. The van der Waals surface area contributed by atoms with Crippen LogP contribution in [-0.2, 0) is 14.3 Å². The van der Waals surface area contributed by atoms with Gasteiger partial charge in [0.05, 0.1) is 18.3 Å². The number of aliphatic hydroxyl groups is 1. The maximum absolute atomic E-state index is 12.4. The number of hydrogen-bond donors (Lipinski definition) is 3. The molecule has 0 bridgehead atoms. The molecule has 26 heavy (non-hydrogen) atoms. The molecule has 1 heterocycles. The third-order valence-corrected chi connectivity index (χ3v) is 5.86. The standard InChI is InChI=1S/C20H26N2O4/c23-16-8-1-12(2-9-16)19(24)21-14-4-6-15(7-5-14)22-20(25)13-3-10-17-18(11-13)26-17/h4-7,12-13,16-18,23H,1-3,8-11H2,(H,21,24)(H,22,25). The molecule has 6 nitrogen and oxygen atoms in total. The number of carbonyl (C=O) groups is 2. The molecule has 1 saturated heterocycles. The number of nitrogens with one attached hydrogen (secondary N) is 2. The second-order valence-corrected chi connectivity index (χ2v) is 7.78. The Labute approximate surface area is 153 Å². The molecule has 3 N–H and O–H groups in total. The van der Waals surface area contributed by atoms with Crippen LogP contribution in [0.15, 0.2) is 24.3 Å². The van der Waals surface area contributed by atoms with E-state index in [4.69, 9.17) is 4.74 Å². The Hall–Kier alpha value is -1.92. The van der Waals surface area contributed by atoms with Gasteiger partial charge in [-0.3, -0.25) is 9.59 Å². The first-order valence-electron chi connectivity index (χ1n) is 9.64. The summed E-state index contributed by atoms with van der Waals surface area (Å²) in [5.74, 6) is 0.0590. The van der Waals surface area contributed by atoms with Crippen molar-refractivity contribution in [2.45, 2.75) is 63.3 Å². The Balaban J connectivity index is 1.27. The zero-order chi connectivity index (χ0) is 18.1. The van der Waals surface area contributed by atoms with Crippen LogP contribution in [0.25, 0.3) is 0 Å². The molecule has 3 atom stereocenters. The summed E-state index contributed by atoms with van der Waals surface area (Å²) in [5, 5.41) is 15.4. The van der Waals surface area contributed by atoms with E-state index in [0.29, 0.717) is 18.9 Å². The lowest BCUT2D eigenvalue weighted by molar-refractivity contribution is -0.121. The number of benzene rings is 1. The predicted octanol–water partition coefficient (Wildman–Crippen LogP) is 2.68. The van der Waals surface area contributed by atoms with Crippen LogP contribution in [0, 0.1) is 11.8 Å². The summed E-state index contributed by atoms with van der Waals surface area (Å²) in [6.07, 6.45) is 5.95. The summed E-state index contributed by atoms with van der Waals surface area (Å²) in [6.45, 7) is 0. The lowest BCUT2D eigenvalue weighted by Gasteiger charge is -2.24. The molecule has 140 valence electrons. The molecule has 1 aromatic rings. The highest BCUT2D eigenvalue weighted by atomic mass is 16.6. The second kappa shape index (κ2) is 7.37. The van der Waals surface area contributed by atoms with Crippen molar-refractivity contribution in [3.8, 4) is 0 Å². The van der Waals surface area contributed by atoms with Gasteiger partial charge in [0.1, 0.15) is 0 Å². The maximum Gasteiger partial charge on any atom is 0.227 e. The van der Waals surface area contributed by atoms with Gasteiger partial charge >= 0.3 is 0 Å². The Morgan fingerprint density at radius 1 is 0.808 bits per heavy atom. The molecule has 1 aliphatic heterocycles. The molecule has 0 radical (unpaired) electrons. The number of rotatable bonds is 4. The van der Waals surface area contributed by atoms with Gasteiger partial charge in [-0.05, 0) is 69.2 Å². The highest BCUT2D eigenvalue weighted by Crippen LogP contribution is 2.39. The average molecular weight is 358 g/mol. The van der Waals surface area contributed by atoms with Crippen molar-refractivity contribution >= 4 is 23.2 Å². The minimum absolute atomic E-state index is 0.00915. The topological polar surface area (TPSA) is 91.0 Å². The highest BCUT2D eigenvalue weighted by molar-refractivity contribution is 5.94. The molecule has 2 saturated carbocycles. The molecular weight excluding hydrogens is 332 g/mol. The summed E-state index contributed by atoms with van der Waals surface area (Å²) in [5.41, 5.74) is 1.47. The van der Waals surface area contributed by atoms with Crippen LogP contribution in [0.2, 0.25) is 0 Å². The molecular formula is C20H26N2O4. The average Bonchev–Trinajstić information content (AvgIpc) is 3.42. The fourth-order valence-corrected chi connectivity index (χ4v) is 4.11. The summed E-state index contributed by atoms with van der Waals surface area (Å²) in [4.78, 5) is 24.7. The normalized spacial score (nSPS) is 33.0. The van der Waals surface area contributed by atoms with E-state index in [2.05, 4.69) is 10.6 Å². The molecule has 3 fully saturated rings. The molecule has 3 unspecified atom stereocenters. The van der Waals surface area contributed by atoms with Gasteiger partial charge in [0.15, 0.2) is 0 Å². The Morgan fingerprint density at radius 2 is 1.35 bits per heavy atom. The Bertz CT molecular complexity index is 667. The predicted molar refractivity (Wildman–Crippen MR) is 97.7 cm³/mol. The minimum atomic E-state index is -0.261. The van der Waals surface area contributed by atoms with E-state index in [1.54, 1.807) is 0 Å². The summed E-state index contributed by atoms with van der Waals surface area (Å²) < 4.78 is 5.48. The van der Waals surface area contributed by atoms with Gasteiger partial charge in [-0.2, -0.15) is 0 Å². The molecule has 0 spiro atoms. The number of ether oxygens (including phenoxy) is 1. The van der Waals surface area contributed by atoms with Crippen molar-refractivity contribution in [1.29, 1.82) is 0 Å². The lowest BCUT2D eigenvalue weighted by Crippen LogP contribution is -2.28. The quantitative estimate of drug-likeness (QED) is 0.722. The number of fused-ring (bicyclic) bond motifs is 1. The third-order valence-electron chi connectivity index (χ3n) is 5.86. The number of anilines is 2. The molecule has 4 rings (SSSR count). The van der Waals surface area contributed by atoms with Crippen molar-refractivity contribution in [3.63, 3.8) is 0 Å². The summed E-state index contributed by atoms with van der Waals surface area (Å²) >= 11 is 0. The van der Waals surface area contributed by atoms with E-state index < -0.39 is 0 Å². The monoisotopic (exact) mass is 358 g/mol. The van der Waals surface area contributed by atoms with Crippen LogP contribution in [0.1, 0.15) is 44.9 Å². The van der Waals surface area contributed by atoms with Crippen LogP contribution >= 0.6 is 0 Å². The number of carbonyl (C=O) groups excluding carboxylic acids is 2. The van der Waals surface area contributed by atoms with E-state index in [0.717, 1.165) is 43.5 Å². The first kappa shape index (κ1) is 17.5. The Kier molecular flexibility index (Phi) is 4.96. The highest BCUT2D eigenvalue weighted by Gasteiger charge is 2.45. The lowest BCUT2D eigenvalue weighted by atomic mass is 9.87. The van der Waals surface area contributed by atoms with Gasteiger partial charge in [0.25, 0.3) is 0 Å². The smallest absolute Gasteiger partial charge is 0.227 e. The molecule has 3 aliphatic rings. The number of aliphatic hydroxyl groups excluding tert-OH is 1. The van der Waals surface area contributed by atoms with Crippen LogP contribution in [-0.4, -0.2) is 35.2 Å². The van der Waals surface area contributed by atoms with Crippen LogP contribution in [0.4, 0.5) is 11.4 Å². The van der Waals surface area contributed by atoms with Gasteiger partial charge in [0, 0.05) is 23.2 Å². The third kappa shape index (κ3) is 4.07. The van der Waals surface area contributed by atoms with E-state index in [1.165, 1.54) is 0 Å². The zero-order valence-electron chi connectivity index (χ0n) is 14.8. The fraction of sp³-hybridized carbons (Fsp3) is 0.600. The van der Waals surface area contributed by atoms with E-state index in [9.17, 15) is 14.7 Å².